The Balaban J connectivity index is 2.07. The summed E-state index contributed by atoms with van der Waals surface area (Å²) in [6, 6.07) is 5.54. The standard InChI is InChI=1S/C13H15NO3/c1-2-10(15)8-17-11-5-3-9-4-6-13(16)14-12(9)7-11/h3,5,7H,2,4,6,8H2,1H3,(H,14,16). The zero-order chi connectivity index (χ0) is 12.3. The lowest BCUT2D eigenvalue weighted by Gasteiger charge is -2.17. The summed E-state index contributed by atoms with van der Waals surface area (Å²) in [5, 5.41) is 2.80. The minimum Gasteiger partial charge on any atom is -0.486 e. The summed E-state index contributed by atoms with van der Waals surface area (Å²) in [5.74, 6) is 0.707. The van der Waals surface area contributed by atoms with Crippen molar-refractivity contribution in [3.63, 3.8) is 0 Å². The summed E-state index contributed by atoms with van der Waals surface area (Å²) >= 11 is 0. The Morgan fingerprint density at radius 3 is 3.00 bits per heavy atom. The molecule has 0 aliphatic carbocycles. The molecular formula is C13H15NO3. The number of carbonyl (C=O) groups excluding carboxylic acids is 2. The van der Waals surface area contributed by atoms with Crippen LogP contribution in [0.25, 0.3) is 0 Å². The van der Waals surface area contributed by atoms with E-state index < -0.39 is 0 Å². The molecule has 0 radical (unpaired) electrons. The molecule has 0 atom stereocenters. The Labute approximate surface area is 100.0 Å². The summed E-state index contributed by atoms with van der Waals surface area (Å²) in [6.45, 7) is 1.89. The molecule has 1 aliphatic heterocycles. The van der Waals surface area contributed by atoms with Gasteiger partial charge in [0, 0.05) is 24.6 Å². The first kappa shape index (κ1) is 11.6. The average Bonchev–Trinajstić information content (AvgIpc) is 2.35. The van der Waals surface area contributed by atoms with E-state index >= 15 is 0 Å². The summed E-state index contributed by atoms with van der Waals surface area (Å²) in [4.78, 5) is 22.4. The van der Waals surface area contributed by atoms with Gasteiger partial charge in [-0.1, -0.05) is 13.0 Å². The molecule has 0 fully saturated rings. The number of amides is 1. The molecular weight excluding hydrogens is 218 g/mol. The maximum atomic E-state index is 11.2. The Kier molecular flexibility index (Phi) is 3.42. The molecule has 0 saturated carbocycles. The lowest BCUT2D eigenvalue weighted by Crippen LogP contribution is -2.19. The first-order valence-electron chi connectivity index (χ1n) is 5.76. The minimum absolute atomic E-state index is 0.0271. The molecule has 0 unspecified atom stereocenters. The molecule has 0 saturated heterocycles. The summed E-state index contributed by atoms with van der Waals surface area (Å²) in [7, 11) is 0. The first-order valence-corrected chi connectivity index (χ1v) is 5.76. The molecule has 4 heteroatoms. The Bertz CT molecular complexity index is 454. The predicted octanol–water partition coefficient (Wildman–Crippen LogP) is 1.93. The lowest BCUT2D eigenvalue weighted by atomic mass is 10.0. The zero-order valence-electron chi connectivity index (χ0n) is 9.79. The van der Waals surface area contributed by atoms with Crippen LogP contribution < -0.4 is 10.1 Å². The van der Waals surface area contributed by atoms with Crippen molar-refractivity contribution in [2.45, 2.75) is 26.2 Å². The lowest BCUT2D eigenvalue weighted by molar-refractivity contribution is -0.120. The number of ketones is 1. The maximum Gasteiger partial charge on any atom is 0.224 e. The van der Waals surface area contributed by atoms with E-state index in [0.29, 0.717) is 18.6 Å². The molecule has 1 aliphatic rings. The summed E-state index contributed by atoms with van der Waals surface area (Å²) in [5.41, 5.74) is 1.90. The number of carbonyl (C=O) groups is 2. The molecule has 4 nitrogen and oxygen atoms in total. The quantitative estimate of drug-likeness (QED) is 0.864. The highest BCUT2D eigenvalue weighted by Gasteiger charge is 2.15. The third-order valence-corrected chi connectivity index (χ3v) is 2.77. The number of rotatable bonds is 4. The molecule has 0 aromatic heterocycles. The van der Waals surface area contributed by atoms with E-state index in [-0.39, 0.29) is 18.3 Å². The van der Waals surface area contributed by atoms with Crippen molar-refractivity contribution in [1.82, 2.24) is 0 Å². The number of ether oxygens (including phenoxy) is 1. The average molecular weight is 233 g/mol. The van der Waals surface area contributed by atoms with Crippen LogP contribution in [-0.2, 0) is 16.0 Å². The molecule has 0 spiro atoms. The molecule has 2 rings (SSSR count). The van der Waals surface area contributed by atoms with Gasteiger partial charge in [0.1, 0.15) is 12.4 Å². The van der Waals surface area contributed by atoms with Crippen LogP contribution in [-0.4, -0.2) is 18.3 Å². The van der Waals surface area contributed by atoms with Crippen LogP contribution in [0.3, 0.4) is 0 Å². The number of nitrogens with one attached hydrogen (secondary N) is 1. The minimum atomic E-state index is 0.0271. The van der Waals surface area contributed by atoms with Crippen molar-refractivity contribution in [2.24, 2.45) is 0 Å². The zero-order valence-corrected chi connectivity index (χ0v) is 9.79. The van der Waals surface area contributed by atoms with Gasteiger partial charge in [0.05, 0.1) is 0 Å². The molecule has 0 bridgehead atoms. The third-order valence-electron chi connectivity index (χ3n) is 2.77. The number of hydrogen-bond acceptors (Lipinski definition) is 3. The van der Waals surface area contributed by atoms with Crippen LogP contribution >= 0.6 is 0 Å². The highest BCUT2D eigenvalue weighted by Crippen LogP contribution is 2.27. The van der Waals surface area contributed by atoms with Crippen LogP contribution in [0.4, 0.5) is 5.69 Å². The van der Waals surface area contributed by atoms with E-state index in [2.05, 4.69) is 5.32 Å². The largest absolute Gasteiger partial charge is 0.486 e. The van der Waals surface area contributed by atoms with Gasteiger partial charge in [-0.2, -0.15) is 0 Å². The van der Waals surface area contributed by atoms with Crippen molar-refractivity contribution in [2.75, 3.05) is 11.9 Å². The smallest absolute Gasteiger partial charge is 0.224 e. The number of aryl methyl sites for hydroxylation is 1. The predicted molar refractivity (Wildman–Crippen MR) is 64.2 cm³/mol. The van der Waals surface area contributed by atoms with Gasteiger partial charge in [0.15, 0.2) is 5.78 Å². The Morgan fingerprint density at radius 2 is 2.24 bits per heavy atom. The second-order valence-electron chi connectivity index (χ2n) is 4.05. The third kappa shape index (κ3) is 2.84. The van der Waals surface area contributed by atoms with Crippen molar-refractivity contribution in [1.29, 1.82) is 0 Å². The number of anilines is 1. The van der Waals surface area contributed by atoms with Gasteiger partial charge in [-0.3, -0.25) is 9.59 Å². The molecule has 1 amide bonds. The van der Waals surface area contributed by atoms with Crippen molar-refractivity contribution in [3.05, 3.63) is 23.8 Å². The number of Topliss-reactive ketones (excluding diaryl/α,β-unsaturated/α-hetero) is 1. The highest BCUT2D eigenvalue weighted by molar-refractivity contribution is 5.94. The van der Waals surface area contributed by atoms with Gasteiger partial charge in [-0.05, 0) is 18.1 Å². The SMILES string of the molecule is CCC(=O)COc1ccc2c(c1)NC(=O)CC2. The van der Waals surface area contributed by atoms with E-state index in [1.807, 2.05) is 12.1 Å². The van der Waals surface area contributed by atoms with Crippen LogP contribution in [0, 0.1) is 0 Å². The van der Waals surface area contributed by atoms with E-state index in [4.69, 9.17) is 4.74 Å². The van der Waals surface area contributed by atoms with Gasteiger partial charge in [-0.15, -0.1) is 0 Å². The van der Waals surface area contributed by atoms with Crippen molar-refractivity contribution >= 4 is 17.4 Å². The number of hydrogen-bond donors (Lipinski definition) is 1. The van der Waals surface area contributed by atoms with Crippen molar-refractivity contribution < 1.29 is 14.3 Å². The molecule has 17 heavy (non-hydrogen) atoms. The van der Waals surface area contributed by atoms with E-state index in [1.54, 1.807) is 13.0 Å². The topological polar surface area (TPSA) is 55.4 Å². The molecule has 1 N–H and O–H groups in total. The molecule has 1 aromatic rings. The fourth-order valence-electron chi connectivity index (χ4n) is 1.71. The highest BCUT2D eigenvalue weighted by atomic mass is 16.5. The van der Waals surface area contributed by atoms with Gasteiger partial charge in [-0.25, -0.2) is 0 Å². The van der Waals surface area contributed by atoms with Crippen LogP contribution in [0.1, 0.15) is 25.3 Å². The van der Waals surface area contributed by atoms with E-state index in [9.17, 15) is 9.59 Å². The van der Waals surface area contributed by atoms with E-state index in [1.165, 1.54) is 0 Å². The van der Waals surface area contributed by atoms with Gasteiger partial charge in [0.2, 0.25) is 5.91 Å². The van der Waals surface area contributed by atoms with Crippen LogP contribution in [0.5, 0.6) is 5.75 Å². The van der Waals surface area contributed by atoms with Crippen molar-refractivity contribution in [3.8, 4) is 5.75 Å². The van der Waals surface area contributed by atoms with Crippen LogP contribution in [0.2, 0.25) is 0 Å². The summed E-state index contributed by atoms with van der Waals surface area (Å²) < 4.78 is 5.36. The monoisotopic (exact) mass is 233 g/mol. The normalized spacial score (nSPS) is 13.8. The Morgan fingerprint density at radius 1 is 1.41 bits per heavy atom. The first-order chi connectivity index (χ1) is 8.19. The summed E-state index contributed by atoms with van der Waals surface area (Å²) in [6.07, 6.45) is 1.76. The van der Waals surface area contributed by atoms with E-state index in [0.717, 1.165) is 17.7 Å². The van der Waals surface area contributed by atoms with Crippen LogP contribution in [0.15, 0.2) is 18.2 Å². The second kappa shape index (κ2) is 4.99. The fourth-order valence-corrected chi connectivity index (χ4v) is 1.71. The Hall–Kier alpha value is -1.84. The second-order valence-corrected chi connectivity index (χ2v) is 4.05. The fraction of sp³-hybridized carbons (Fsp3) is 0.385. The van der Waals surface area contributed by atoms with Gasteiger partial charge >= 0.3 is 0 Å². The molecule has 1 heterocycles. The maximum absolute atomic E-state index is 11.2. The number of fused-ring (bicyclic) bond motifs is 1. The molecule has 1 aromatic carbocycles. The van der Waals surface area contributed by atoms with Gasteiger partial charge in [0.25, 0.3) is 0 Å². The number of benzene rings is 1. The van der Waals surface area contributed by atoms with Gasteiger partial charge < -0.3 is 10.1 Å². The molecule has 90 valence electrons.